The van der Waals surface area contributed by atoms with Crippen LogP contribution in [0.2, 0.25) is 0 Å². The number of nitrogens with zero attached hydrogens (tertiary/aromatic N) is 3. The van der Waals surface area contributed by atoms with Crippen molar-refractivity contribution in [3.05, 3.63) is 354 Å². The third-order valence-corrected chi connectivity index (χ3v) is 18.8. The molecular formula is C80H51N3. The zero-order valence-corrected chi connectivity index (χ0v) is 45.3. The van der Waals surface area contributed by atoms with Crippen molar-refractivity contribution in [2.45, 2.75) is 10.8 Å². The van der Waals surface area contributed by atoms with Gasteiger partial charge in [-0.15, -0.1) is 0 Å². The summed E-state index contributed by atoms with van der Waals surface area (Å²) in [4.78, 5) is 2.56. The molecule has 13 aromatic carbocycles. The maximum Gasteiger partial charge on any atom is 0.0755 e. The number of benzene rings is 13. The van der Waals surface area contributed by atoms with Crippen molar-refractivity contribution in [2.75, 3.05) is 4.90 Å². The fourth-order valence-corrected chi connectivity index (χ4v) is 15.6. The molecule has 1 unspecified atom stereocenters. The normalized spacial score (nSPS) is 14.9. The molecule has 2 aromatic heterocycles. The van der Waals surface area contributed by atoms with Crippen LogP contribution in [0.4, 0.5) is 17.1 Å². The fraction of sp³-hybridized carbons (Fsp3) is 0.0250. The highest BCUT2D eigenvalue weighted by molar-refractivity contribution is 6.13. The van der Waals surface area contributed by atoms with Crippen LogP contribution in [0.5, 0.6) is 0 Å². The topological polar surface area (TPSA) is 13.1 Å². The summed E-state index contributed by atoms with van der Waals surface area (Å²) in [6.07, 6.45) is 0. The monoisotopic (exact) mass is 1050 g/mol. The van der Waals surface area contributed by atoms with E-state index in [1.54, 1.807) is 0 Å². The molecule has 386 valence electrons. The smallest absolute Gasteiger partial charge is 0.0755 e. The molecule has 2 aliphatic carbocycles. The van der Waals surface area contributed by atoms with Crippen molar-refractivity contribution < 1.29 is 0 Å². The summed E-state index contributed by atoms with van der Waals surface area (Å²) in [6, 6.07) is 116. The summed E-state index contributed by atoms with van der Waals surface area (Å²) < 4.78 is 4.93. The van der Waals surface area contributed by atoms with E-state index < -0.39 is 10.8 Å². The quantitative estimate of drug-likeness (QED) is 0.155. The van der Waals surface area contributed by atoms with Crippen LogP contribution < -0.4 is 4.90 Å². The molecular weight excluding hydrogens is 1000 g/mol. The molecule has 0 radical (unpaired) electrons. The molecule has 0 amide bonds. The van der Waals surface area contributed by atoms with Gasteiger partial charge >= 0.3 is 0 Å². The number of para-hydroxylation sites is 5. The van der Waals surface area contributed by atoms with Crippen molar-refractivity contribution in [2.24, 2.45) is 0 Å². The van der Waals surface area contributed by atoms with Gasteiger partial charge in [-0.25, -0.2) is 0 Å². The second-order valence-electron chi connectivity index (χ2n) is 22.6. The molecule has 3 nitrogen and oxygen atoms in total. The zero-order valence-electron chi connectivity index (χ0n) is 45.3. The van der Waals surface area contributed by atoms with Crippen molar-refractivity contribution in [3.63, 3.8) is 0 Å². The molecule has 0 saturated carbocycles. The highest BCUT2D eigenvalue weighted by atomic mass is 15.1. The first-order valence-corrected chi connectivity index (χ1v) is 28.9. The number of fused-ring (bicyclic) bond motifs is 18. The van der Waals surface area contributed by atoms with Gasteiger partial charge in [-0.2, -0.15) is 0 Å². The first-order valence-electron chi connectivity index (χ1n) is 28.9. The summed E-state index contributed by atoms with van der Waals surface area (Å²) in [5, 5.41) is 5.07. The van der Waals surface area contributed by atoms with Gasteiger partial charge in [-0.3, -0.25) is 0 Å². The maximum absolute atomic E-state index is 2.56. The van der Waals surface area contributed by atoms with E-state index in [2.05, 4.69) is 323 Å². The third-order valence-electron chi connectivity index (χ3n) is 18.8. The van der Waals surface area contributed by atoms with E-state index in [0.29, 0.717) is 0 Å². The maximum atomic E-state index is 2.56. The molecule has 1 atom stereocenters. The molecule has 0 bridgehead atoms. The van der Waals surface area contributed by atoms with Gasteiger partial charge in [0.1, 0.15) is 0 Å². The van der Waals surface area contributed by atoms with E-state index in [1.165, 1.54) is 116 Å². The summed E-state index contributed by atoms with van der Waals surface area (Å²) in [5.41, 5.74) is 26.9. The average Bonchev–Trinajstić information content (AvgIpc) is 2.08. The van der Waals surface area contributed by atoms with E-state index in [4.69, 9.17) is 0 Å². The van der Waals surface area contributed by atoms with Crippen molar-refractivity contribution >= 4 is 60.7 Å². The van der Waals surface area contributed by atoms with E-state index >= 15 is 0 Å². The van der Waals surface area contributed by atoms with Gasteiger partial charge in [0.2, 0.25) is 0 Å². The standard InChI is InChI=1S/C80H51N3/c1-3-21-54(22-4-1)79(55-23-5-2-6-24-55)67-32-13-8-29-65(67)77-69(79)34-20-40-76(77)81(56-45-41-52(42-46-56)53-43-47-57(48-44-53)82-72-36-15-9-26-61(72)62-27-10-16-37-73(62)82)58-49-50-60-59-25-7-12-31-66(59)80(71(60)51-58)68-33-14-18-39-75(68)83-74-38-17-11-28-63(74)64-30-19-35-70(80)78(64)83/h1-51H. The van der Waals surface area contributed by atoms with Crippen LogP contribution in [-0.4, -0.2) is 9.13 Å². The van der Waals surface area contributed by atoms with Gasteiger partial charge < -0.3 is 14.0 Å². The van der Waals surface area contributed by atoms with Crippen molar-refractivity contribution in [1.29, 1.82) is 0 Å². The van der Waals surface area contributed by atoms with Crippen LogP contribution in [0.3, 0.4) is 0 Å². The van der Waals surface area contributed by atoms with Gasteiger partial charge in [0.05, 0.1) is 44.3 Å². The molecule has 83 heavy (non-hydrogen) atoms. The van der Waals surface area contributed by atoms with E-state index in [-0.39, 0.29) is 0 Å². The Hall–Kier alpha value is -10.7. The number of rotatable bonds is 7. The number of aromatic nitrogens is 2. The van der Waals surface area contributed by atoms with E-state index in [0.717, 1.165) is 33.9 Å². The zero-order chi connectivity index (χ0) is 54.4. The lowest BCUT2D eigenvalue weighted by Gasteiger charge is -2.40. The van der Waals surface area contributed by atoms with Gasteiger partial charge in [0.25, 0.3) is 0 Å². The lowest BCUT2D eigenvalue weighted by molar-refractivity contribution is 0.748. The lowest BCUT2D eigenvalue weighted by atomic mass is 9.65. The Balaban J connectivity index is 0.872. The second-order valence-corrected chi connectivity index (χ2v) is 22.6. The molecule has 15 aromatic rings. The summed E-state index contributed by atoms with van der Waals surface area (Å²) in [6.45, 7) is 0. The second kappa shape index (κ2) is 17.4. The van der Waals surface area contributed by atoms with Crippen LogP contribution in [-0.2, 0) is 10.8 Å². The molecule has 1 aliphatic heterocycles. The molecule has 0 saturated heterocycles. The Morgan fingerprint density at radius 3 is 1.42 bits per heavy atom. The molecule has 0 fully saturated rings. The Morgan fingerprint density at radius 1 is 0.277 bits per heavy atom. The van der Waals surface area contributed by atoms with Crippen LogP contribution >= 0.6 is 0 Å². The predicted octanol–water partition coefficient (Wildman–Crippen LogP) is 20.1. The molecule has 1 spiro atoms. The molecule has 18 rings (SSSR count). The first kappa shape index (κ1) is 46.1. The highest BCUT2D eigenvalue weighted by Gasteiger charge is 2.52. The lowest BCUT2D eigenvalue weighted by Crippen LogP contribution is -2.33. The summed E-state index contributed by atoms with van der Waals surface area (Å²) in [7, 11) is 0. The number of hydrogen-bond donors (Lipinski definition) is 0. The van der Waals surface area contributed by atoms with Crippen LogP contribution in [0.1, 0.15) is 44.5 Å². The van der Waals surface area contributed by atoms with Gasteiger partial charge in [-0.1, -0.05) is 243 Å². The van der Waals surface area contributed by atoms with Gasteiger partial charge in [0, 0.05) is 44.2 Å². The average molecular weight is 1050 g/mol. The van der Waals surface area contributed by atoms with Crippen molar-refractivity contribution in [3.8, 4) is 44.8 Å². The molecule has 3 heteroatoms. The van der Waals surface area contributed by atoms with E-state index in [9.17, 15) is 0 Å². The minimum Gasteiger partial charge on any atom is -0.310 e. The predicted molar refractivity (Wildman–Crippen MR) is 343 cm³/mol. The highest BCUT2D eigenvalue weighted by Crippen LogP contribution is 2.63. The Morgan fingerprint density at radius 2 is 0.747 bits per heavy atom. The van der Waals surface area contributed by atoms with Crippen LogP contribution in [0.15, 0.2) is 309 Å². The van der Waals surface area contributed by atoms with Gasteiger partial charge in [-0.05, 0) is 139 Å². The summed E-state index contributed by atoms with van der Waals surface area (Å²) in [5.74, 6) is 0. The minimum absolute atomic E-state index is 0.571. The Labute approximate surface area is 481 Å². The third kappa shape index (κ3) is 6.12. The molecule has 3 aliphatic rings. The molecule has 0 N–H and O–H groups in total. The van der Waals surface area contributed by atoms with Crippen molar-refractivity contribution in [1.82, 2.24) is 9.13 Å². The van der Waals surface area contributed by atoms with Gasteiger partial charge in [0.15, 0.2) is 0 Å². The Kier molecular flexibility index (Phi) is 9.64. The van der Waals surface area contributed by atoms with Crippen LogP contribution in [0.25, 0.3) is 88.4 Å². The minimum atomic E-state index is -0.621. The number of hydrogen-bond acceptors (Lipinski definition) is 1. The fourth-order valence-electron chi connectivity index (χ4n) is 15.6. The SMILES string of the molecule is c1ccc(C2(c3ccccc3)c3ccccc3-c3c(N(c4ccc(-c5ccc(-n6c7ccccc7c7ccccc76)cc5)cc4)c4ccc5c(c4)C4(c6ccccc6-5)c5ccccc5-n5c6ccccc6c6cccc4c65)cccc32)cc1. The molecule has 3 heterocycles. The number of anilines is 3. The van der Waals surface area contributed by atoms with Crippen LogP contribution in [0, 0.1) is 0 Å². The summed E-state index contributed by atoms with van der Waals surface area (Å²) >= 11 is 0. The largest absolute Gasteiger partial charge is 0.310 e. The first-order chi connectivity index (χ1) is 41.2. The van der Waals surface area contributed by atoms with E-state index in [1.807, 2.05) is 0 Å². The Bertz CT molecular complexity index is 5050.